The highest BCUT2D eigenvalue weighted by molar-refractivity contribution is 7.98. The molecule has 0 radical (unpaired) electrons. The first-order valence-corrected chi connectivity index (χ1v) is 14.2. The van der Waals surface area contributed by atoms with Gasteiger partial charge in [0.1, 0.15) is 18.0 Å². The molecule has 7 nitrogen and oxygen atoms in total. The molecule has 0 unspecified atom stereocenters. The predicted octanol–water partition coefficient (Wildman–Crippen LogP) is 5.26. The number of nitrogens with one attached hydrogen (secondary N) is 1. The van der Waals surface area contributed by atoms with Crippen molar-refractivity contribution in [3.05, 3.63) is 82.3 Å². The van der Waals surface area contributed by atoms with Crippen molar-refractivity contribution in [2.24, 2.45) is 0 Å². The van der Waals surface area contributed by atoms with Crippen LogP contribution in [0.5, 0.6) is 11.5 Å². The van der Waals surface area contributed by atoms with Gasteiger partial charge in [-0.1, -0.05) is 41.4 Å². The maximum Gasteiger partial charge on any atom is 0.264 e. The summed E-state index contributed by atoms with van der Waals surface area (Å²) in [5.41, 5.74) is 1.10. The summed E-state index contributed by atoms with van der Waals surface area (Å²) in [5, 5.41) is 3.97. The Balaban J connectivity index is 1.70. The lowest BCUT2D eigenvalue weighted by atomic mass is 10.2. The predicted molar refractivity (Wildman–Crippen MR) is 146 cm³/mol. The van der Waals surface area contributed by atoms with E-state index < -0.39 is 22.5 Å². The number of hydrogen-bond acceptors (Lipinski definition) is 6. The summed E-state index contributed by atoms with van der Waals surface area (Å²) in [4.78, 5) is 12.8. The lowest BCUT2D eigenvalue weighted by molar-refractivity contribution is -0.119. The van der Waals surface area contributed by atoms with E-state index in [9.17, 15) is 13.2 Å². The third kappa shape index (κ3) is 7.00. The van der Waals surface area contributed by atoms with Crippen LogP contribution in [0.1, 0.15) is 5.56 Å². The van der Waals surface area contributed by atoms with Crippen molar-refractivity contribution in [2.45, 2.75) is 10.6 Å². The molecule has 0 spiro atoms. The van der Waals surface area contributed by atoms with Crippen molar-refractivity contribution >= 4 is 56.6 Å². The zero-order chi connectivity index (χ0) is 26.1. The summed E-state index contributed by atoms with van der Waals surface area (Å²) in [7, 11) is -1.14. The van der Waals surface area contributed by atoms with Gasteiger partial charge in [0.2, 0.25) is 5.91 Å². The van der Waals surface area contributed by atoms with Gasteiger partial charge in [-0.25, -0.2) is 8.42 Å². The molecule has 36 heavy (non-hydrogen) atoms. The molecule has 3 aromatic carbocycles. The van der Waals surface area contributed by atoms with Crippen LogP contribution in [0.3, 0.4) is 0 Å². The molecule has 192 valence electrons. The molecule has 0 saturated carbocycles. The van der Waals surface area contributed by atoms with Crippen molar-refractivity contribution in [3.63, 3.8) is 0 Å². The second-order valence-corrected chi connectivity index (χ2v) is 11.2. The number of thioether (sulfide) groups is 1. The second-order valence-electron chi connectivity index (χ2n) is 7.46. The normalized spacial score (nSPS) is 11.1. The van der Waals surface area contributed by atoms with Crippen LogP contribution in [0.25, 0.3) is 0 Å². The number of rotatable bonds is 12. The van der Waals surface area contributed by atoms with Crippen LogP contribution in [0.4, 0.5) is 5.69 Å². The molecule has 0 heterocycles. The SMILES string of the molecule is COc1ccc(S(=O)(=O)N(CC(=O)NCCSCc2c(Cl)cccc2Cl)c2ccccc2OC)cc1. The number of hydrogen-bond donors (Lipinski definition) is 1. The third-order valence-corrected chi connectivity index (χ3v) is 8.63. The quantitative estimate of drug-likeness (QED) is 0.300. The Morgan fingerprint density at radius 3 is 2.25 bits per heavy atom. The highest BCUT2D eigenvalue weighted by Gasteiger charge is 2.29. The molecule has 3 aromatic rings. The molecule has 1 amide bonds. The fourth-order valence-corrected chi connectivity index (χ4v) is 6.33. The minimum atomic E-state index is -4.09. The summed E-state index contributed by atoms with van der Waals surface area (Å²) in [6, 6.07) is 18.0. The number of sulfonamides is 1. The lowest BCUT2D eigenvalue weighted by Gasteiger charge is -2.25. The molecule has 0 bridgehead atoms. The van der Waals surface area contributed by atoms with Crippen LogP contribution in [0.15, 0.2) is 71.6 Å². The molecule has 0 atom stereocenters. The van der Waals surface area contributed by atoms with E-state index in [4.69, 9.17) is 32.7 Å². The summed E-state index contributed by atoms with van der Waals surface area (Å²) in [6.07, 6.45) is 0. The molecule has 1 N–H and O–H groups in total. The minimum Gasteiger partial charge on any atom is -0.497 e. The zero-order valence-corrected chi connectivity index (χ0v) is 22.9. The van der Waals surface area contributed by atoms with Gasteiger partial charge < -0.3 is 14.8 Å². The number of anilines is 1. The van der Waals surface area contributed by atoms with E-state index in [-0.39, 0.29) is 10.6 Å². The van der Waals surface area contributed by atoms with E-state index >= 15 is 0 Å². The summed E-state index contributed by atoms with van der Waals surface area (Å²) < 4.78 is 38.6. The Kier molecular flexibility index (Phi) is 10.2. The lowest BCUT2D eigenvalue weighted by Crippen LogP contribution is -2.41. The Labute approximate surface area is 225 Å². The number of ether oxygens (including phenoxy) is 2. The van der Waals surface area contributed by atoms with E-state index in [1.807, 2.05) is 0 Å². The van der Waals surface area contributed by atoms with Gasteiger partial charge in [-0.2, -0.15) is 11.8 Å². The molecule has 0 aliphatic carbocycles. The Morgan fingerprint density at radius 1 is 0.944 bits per heavy atom. The number of carbonyl (C=O) groups excluding carboxylic acids is 1. The topological polar surface area (TPSA) is 84.9 Å². The molecule has 11 heteroatoms. The Hall–Kier alpha value is -2.59. The standard InChI is InChI=1S/C25H26Cl2N2O5S2/c1-33-18-10-12-19(13-11-18)36(31,32)29(23-8-3-4-9-24(23)34-2)16-25(30)28-14-15-35-17-20-21(26)6-5-7-22(20)27/h3-13H,14-17H2,1-2H3,(H,28,30). The third-order valence-electron chi connectivity index (χ3n) is 5.17. The van der Waals surface area contributed by atoms with Crippen LogP contribution in [-0.2, 0) is 20.6 Å². The monoisotopic (exact) mass is 568 g/mol. The van der Waals surface area contributed by atoms with Crippen molar-refractivity contribution in [2.75, 3.05) is 37.4 Å². The molecule has 0 aromatic heterocycles. The van der Waals surface area contributed by atoms with Gasteiger partial charge in [0.15, 0.2) is 0 Å². The van der Waals surface area contributed by atoms with Gasteiger partial charge >= 0.3 is 0 Å². The molecule has 0 fully saturated rings. The van der Waals surface area contributed by atoms with E-state index in [2.05, 4.69) is 5.32 Å². The van der Waals surface area contributed by atoms with Crippen molar-refractivity contribution in [1.29, 1.82) is 0 Å². The van der Waals surface area contributed by atoms with E-state index in [0.717, 1.165) is 9.87 Å². The van der Waals surface area contributed by atoms with E-state index in [1.54, 1.807) is 66.4 Å². The highest BCUT2D eigenvalue weighted by Crippen LogP contribution is 2.32. The van der Waals surface area contributed by atoms with Crippen molar-refractivity contribution < 1.29 is 22.7 Å². The highest BCUT2D eigenvalue weighted by atomic mass is 35.5. The summed E-state index contributed by atoms with van der Waals surface area (Å²) in [5.74, 6) is 1.58. The smallest absolute Gasteiger partial charge is 0.264 e. The van der Waals surface area contributed by atoms with Gasteiger partial charge in [-0.05, 0) is 54.1 Å². The first-order valence-electron chi connectivity index (χ1n) is 10.8. The van der Waals surface area contributed by atoms with E-state index in [1.165, 1.54) is 26.4 Å². The number of amides is 1. The van der Waals surface area contributed by atoms with Crippen LogP contribution >= 0.6 is 35.0 Å². The molecule has 0 aliphatic rings. The average Bonchev–Trinajstić information content (AvgIpc) is 2.88. The summed E-state index contributed by atoms with van der Waals surface area (Å²) in [6.45, 7) is -0.0797. The van der Waals surface area contributed by atoms with Gasteiger partial charge in [0.25, 0.3) is 10.0 Å². The first kappa shape index (κ1) is 28.0. The Bertz CT molecular complexity index is 1270. The number of benzene rings is 3. The van der Waals surface area contributed by atoms with Crippen molar-refractivity contribution in [3.8, 4) is 11.5 Å². The molecule has 0 saturated heterocycles. The van der Waals surface area contributed by atoms with Gasteiger partial charge in [-0.15, -0.1) is 0 Å². The number of carbonyl (C=O) groups is 1. The molecule has 0 aliphatic heterocycles. The zero-order valence-electron chi connectivity index (χ0n) is 19.7. The van der Waals surface area contributed by atoms with Gasteiger partial charge in [-0.3, -0.25) is 9.10 Å². The van der Waals surface area contributed by atoms with Crippen molar-refractivity contribution in [1.82, 2.24) is 5.32 Å². The number of para-hydroxylation sites is 2. The molecule has 3 rings (SSSR count). The van der Waals surface area contributed by atoms with Gasteiger partial charge in [0, 0.05) is 28.1 Å². The number of nitrogens with zero attached hydrogens (tertiary/aromatic N) is 1. The van der Waals surface area contributed by atoms with Gasteiger partial charge in [0.05, 0.1) is 24.8 Å². The second kappa shape index (κ2) is 13.1. The maximum atomic E-state index is 13.6. The molecular weight excluding hydrogens is 543 g/mol. The first-order chi connectivity index (χ1) is 17.3. The van der Waals surface area contributed by atoms with Crippen LogP contribution in [-0.4, -0.2) is 47.4 Å². The van der Waals surface area contributed by atoms with Crippen LogP contribution in [0, 0.1) is 0 Å². The largest absolute Gasteiger partial charge is 0.497 e. The Morgan fingerprint density at radius 2 is 1.61 bits per heavy atom. The number of halogens is 2. The van der Waals surface area contributed by atoms with Crippen LogP contribution < -0.4 is 19.1 Å². The fraction of sp³-hybridized carbons (Fsp3) is 0.240. The summed E-state index contributed by atoms with van der Waals surface area (Å²) >= 11 is 13.9. The molecular formula is C25H26Cl2N2O5S2. The van der Waals surface area contributed by atoms with Crippen LogP contribution in [0.2, 0.25) is 10.0 Å². The maximum absolute atomic E-state index is 13.6. The number of methoxy groups -OCH3 is 2. The minimum absolute atomic E-state index is 0.0224. The average molecular weight is 570 g/mol. The van der Waals surface area contributed by atoms with E-state index in [0.29, 0.717) is 39.6 Å². The fourth-order valence-electron chi connectivity index (χ4n) is 3.30.